The first-order valence-corrected chi connectivity index (χ1v) is 12.1. The van der Waals surface area contributed by atoms with E-state index in [0.29, 0.717) is 23.9 Å². The molecule has 1 amide bonds. The zero-order chi connectivity index (χ0) is 24.6. The van der Waals surface area contributed by atoms with E-state index in [-0.39, 0.29) is 5.91 Å². The van der Waals surface area contributed by atoms with Crippen LogP contribution < -0.4 is 14.8 Å². The van der Waals surface area contributed by atoms with Crippen LogP contribution in [0.5, 0.6) is 17.2 Å². The van der Waals surface area contributed by atoms with Gasteiger partial charge in [0.2, 0.25) is 0 Å². The van der Waals surface area contributed by atoms with E-state index >= 15 is 0 Å². The number of methoxy groups -OCH3 is 1. The topological polar surface area (TPSA) is 82.6 Å². The molecule has 180 valence electrons. The van der Waals surface area contributed by atoms with Gasteiger partial charge in [-0.05, 0) is 73.5 Å². The first kappa shape index (κ1) is 24.4. The number of anilines is 1. The van der Waals surface area contributed by atoms with E-state index in [2.05, 4.69) is 15.3 Å². The van der Waals surface area contributed by atoms with Gasteiger partial charge in [0, 0.05) is 49.0 Å². The summed E-state index contributed by atoms with van der Waals surface area (Å²) in [6.45, 7) is 5.35. The molecule has 1 N–H and O–H groups in total. The number of thiazole rings is 1. The van der Waals surface area contributed by atoms with Crippen molar-refractivity contribution in [2.24, 2.45) is 0 Å². The van der Waals surface area contributed by atoms with Crippen LogP contribution in [0.2, 0.25) is 0 Å². The molecule has 0 fully saturated rings. The molecule has 35 heavy (non-hydrogen) atoms. The van der Waals surface area contributed by atoms with Crippen molar-refractivity contribution in [1.82, 2.24) is 9.97 Å². The van der Waals surface area contributed by atoms with E-state index in [1.54, 1.807) is 31.6 Å². The first-order valence-electron chi connectivity index (χ1n) is 11.2. The van der Waals surface area contributed by atoms with Crippen LogP contribution >= 0.6 is 11.3 Å². The molecule has 7 nitrogen and oxygen atoms in total. The van der Waals surface area contributed by atoms with E-state index in [1.807, 2.05) is 55.6 Å². The lowest BCUT2D eigenvalue weighted by Gasteiger charge is -2.13. The van der Waals surface area contributed by atoms with Crippen LogP contribution in [0.25, 0.3) is 11.3 Å². The Hall–Kier alpha value is -3.75. The SMILES string of the molecule is COCCCOc1ccc(Oc2cc(C)c(-c3csc(NC(=O)c4ccncc4)n3)c(C)c2)cc1. The van der Waals surface area contributed by atoms with E-state index in [4.69, 9.17) is 14.2 Å². The number of hydrogen-bond donors (Lipinski definition) is 1. The number of carbonyl (C=O) groups is 1. The second kappa shape index (κ2) is 11.6. The molecule has 8 heteroatoms. The fourth-order valence-electron chi connectivity index (χ4n) is 3.64. The molecule has 0 aliphatic rings. The average molecular weight is 490 g/mol. The Balaban J connectivity index is 1.42. The maximum absolute atomic E-state index is 12.4. The number of benzene rings is 2. The summed E-state index contributed by atoms with van der Waals surface area (Å²) in [6.07, 6.45) is 4.02. The summed E-state index contributed by atoms with van der Waals surface area (Å²) in [6, 6.07) is 14.9. The number of nitrogens with zero attached hydrogens (tertiary/aromatic N) is 2. The number of pyridine rings is 1. The predicted octanol–water partition coefficient (Wildman–Crippen LogP) is 6.28. The highest BCUT2D eigenvalue weighted by Crippen LogP contribution is 2.34. The van der Waals surface area contributed by atoms with Crippen molar-refractivity contribution in [2.75, 3.05) is 25.6 Å². The van der Waals surface area contributed by atoms with E-state index < -0.39 is 0 Å². The molecule has 4 aromatic rings. The minimum atomic E-state index is -0.211. The van der Waals surface area contributed by atoms with E-state index in [1.165, 1.54) is 11.3 Å². The second-order valence-corrected chi connectivity index (χ2v) is 8.79. The molecule has 0 radical (unpaired) electrons. The molecule has 0 bridgehead atoms. The summed E-state index contributed by atoms with van der Waals surface area (Å²) in [5, 5.41) is 5.35. The van der Waals surface area contributed by atoms with Gasteiger partial charge >= 0.3 is 0 Å². The zero-order valence-corrected chi connectivity index (χ0v) is 20.7. The van der Waals surface area contributed by atoms with Gasteiger partial charge in [-0.25, -0.2) is 4.98 Å². The number of hydrogen-bond acceptors (Lipinski definition) is 7. The van der Waals surface area contributed by atoms with Crippen molar-refractivity contribution >= 4 is 22.4 Å². The number of ether oxygens (including phenoxy) is 3. The van der Waals surface area contributed by atoms with Gasteiger partial charge in [0.25, 0.3) is 5.91 Å². The highest BCUT2D eigenvalue weighted by atomic mass is 32.1. The highest BCUT2D eigenvalue weighted by Gasteiger charge is 2.14. The van der Waals surface area contributed by atoms with E-state index in [9.17, 15) is 4.79 Å². The van der Waals surface area contributed by atoms with Crippen LogP contribution in [0, 0.1) is 13.8 Å². The molecule has 0 aliphatic heterocycles. The van der Waals surface area contributed by atoms with Gasteiger partial charge in [0.1, 0.15) is 17.2 Å². The molecule has 0 aliphatic carbocycles. The molecule has 0 spiro atoms. The van der Waals surface area contributed by atoms with E-state index in [0.717, 1.165) is 46.1 Å². The number of aryl methyl sites for hydroxylation is 2. The van der Waals surface area contributed by atoms with Gasteiger partial charge in [0.15, 0.2) is 5.13 Å². The minimum Gasteiger partial charge on any atom is -0.494 e. The molecule has 0 saturated heterocycles. The normalized spacial score (nSPS) is 10.7. The molecule has 0 saturated carbocycles. The summed E-state index contributed by atoms with van der Waals surface area (Å²) >= 11 is 1.39. The molecule has 2 aromatic carbocycles. The largest absolute Gasteiger partial charge is 0.494 e. The fraction of sp³-hybridized carbons (Fsp3) is 0.222. The van der Waals surface area contributed by atoms with Crippen LogP contribution in [0.3, 0.4) is 0 Å². The Kier molecular flexibility index (Phi) is 8.07. The quantitative estimate of drug-likeness (QED) is 0.264. The van der Waals surface area contributed by atoms with Gasteiger partial charge in [-0.2, -0.15) is 0 Å². The summed E-state index contributed by atoms with van der Waals surface area (Å²) in [5.41, 5.74) is 4.46. The van der Waals surface area contributed by atoms with Crippen molar-refractivity contribution in [3.8, 4) is 28.5 Å². The summed E-state index contributed by atoms with van der Waals surface area (Å²) in [7, 11) is 1.68. The Bertz CT molecular complexity index is 1250. The van der Waals surface area contributed by atoms with Gasteiger partial charge in [-0.1, -0.05) is 0 Å². The van der Waals surface area contributed by atoms with Crippen molar-refractivity contribution in [2.45, 2.75) is 20.3 Å². The lowest BCUT2D eigenvalue weighted by atomic mass is 10.0. The van der Waals surface area contributed by atoms with Crippen LogP contribution in [0.1, 0.15) is 27.9 Å². The van der Waals surface area contributed by atoms with Crippen molar-refractivity contribution in [1.29, 1.82) is 0 Å². The zero-order valence-electron chi connectivity index (χ0n) is 19.9. The Morgan fingerprint density at radius 3 is 2.31 bits per heavy atom. The summed E-state index contributed by atoms with van der Waals surface area (Å²) < 4.78 is 16.8. The number of nitrogens with one attached hydrogen (secondary N) is 1. The van der Waals surface area contributed by atoms with Crippen molar-refractivity contribution in [3.63, 3.8) is 0 Å². The standard InChI is InChI=1S/C27H27N3O4S/c1-18-15-23(34-22-7-5-21(6-8-22)33-14-4-13-32-3)16-19(2)25(18)24-17-35-27(29-24)30-26(31)20-9-11-28-12-10-20/h5-12,15-17H,4,13-14H2,1-3H3,(H,29,30,31). The minimum absolute atomic E-state index is 0.211. The van der Waals surface area contributed by atoms with Gasteiger partial charge in [0.05, 0.1) is 12.3 Å². The third-order valence-corrected chi connectivity index (χ3v) is 6.01. The summed E-state index contributed by atoms with van der Waals surface area (Å²) in [4.78, 5) is 21.0. The number of rotatable bonds is 10. The molecule has 2 heterocycles. The third kappa shape index (κ3) is 6.44. The number of amides is 1. The molecule has 0 atom stereocenters. The number of aromatic nitrogens is 2. The predicted molar refractivity (Wildman–Crippen MR) is 138 cm³/mol. The maximum Gasteiger partial charge on any atom is 0.257 e. The fourth-order valence-corrected chi connectivity index (χ4v) is 4.34. The summed E-state index contributed by atoms with van der Waals surface area (Å²) in [5.74, 6) is 2.07. The Labute approximate surface area is 208 Å². The van der Waals surface area contributed by atoms with Crippen LogP contribution in [-0.4, -0.2) is 36.2 Å². The number of carbonyl (C=O) groups excluding carboxylic acids is 1. The monoisotopic (exact) mass is 489 g/mol. The van der Waals surface area contributed by atoms with Gasteiger partial charge < -0.3 is 14.2 Å². The van der Waals surface area contributed by atoms with Gasteiger partial charge in [-0.15, -0.1) is 11.3 Å². The first-order chi connectivity index (χ1) is 17.0. The molecule has 4 rings (SSSR count). The maximum atomic E-state index is 12.4. The average Bonchev–Trinajstić information content (AvgIpc) is 3.30. The lowest BCUT2D eigenvalue weighted by Crippen LogP contribution is -2.11. The second-order valence-electron chi connectivity index (χ2n) is 7.93. The van der Waals surface area contributed by atoms with Crippen molar-refractivity contribution in [3.05, 3.63) is 83.0 Å². The molecule has 2 aromatic heterocycles. The Morgan fingerprint density at radius 1 is 0.943 bits per heavy atom. The van der Waals surface area contributed by atoms with Gasteiger partial charge in [-0.3, -0.25) is 15.1 Å². The van der Waals surface area contributed by atoms with Crippen molar-refractivity contribution < 1.29 is 19.0 Å². The molecular formula is C27H27N3O4S. The molecular weight excluding hydrogens is 462 g/mol. The van der Waals surface area contributed by atoms with Crippen LogP contribution in [-0.2, 0) is 4.74 Å². The highest BCUT2D eigenvalue weighted by molar-refractivity contribution is 7.14. The smallest absolute Gasteiger partial charge is 0.257 e. The van der Waals surface area contributed by atoms with Crippen LogP contribution in [0.4, 0.5) is 5.13 Å². The Morgan fingerprint density at radius 2 is 1.63 bits per heavy atom. The molecule has 0 unspecified atom stereocenters. The van der Waals surface area contributed by atoms with Crippen LogP contribution in [0.15, 0.2) is 66.3 Å². The third-order valence-electron chi connectivity index (χ3n) is 5.25. The lowest BCUT2D eigenvalue weighted by molar-refractivity contribution is 0.102.